The Morgan fingerprint density at radius 2 is 1.52 bits per heavy atom. The predicted octanol–water partition coefficient (Wildman–Crippen LogP) is 3.27. The Balaban J connectivity index is 1.48. The van der Waals surface area contributed by atoms with E-state index < -0.39 is 0 Å². The first-order valence-corrected chi connectivity index (χ1v) is 9.23. The van der Waals surface area contributed by atoms with Gasteiger partial charge in [-0.15, -0.1) is 0 Å². The Hall–Kier alpha value is -0.590. The van der Waals surface area contributed by atoms with Gasteiger partial charge in [-0.3, -0.25) is 4.90 Å². The number of likely N-dealkylation sites (tertiary alicyclic amines) is 2. The van der Waals surface area contributed by atoms with Gasteiger partial charge in [0.05, 0.1) is 12.0 Å². The maximum absolute atomic E-state index is 9.48. The number of rotatable bonds is 3. The van der Waals surface area contributed by atoms with Crippen LogP contribution in [-0.2, 0) is 0 Å². The van der Waals surface area contributed by atoms with Crippen LogP contribution in [0.3, 0.4) is 0 Å². The lowest BCUT2D eigenvalue weighted by Gasteiger charge is -2.39. The molecule has 2 atom stereocenters. The van der Waals surface area contributed by atoms with Crippen molar-refractivity contribution in [3.8, 4) is 6.07 Å². The molecule has 3 aliphatic rings. The zero-order valence-corrected chi connectivity index (χ0v) is 13.5. The first-order chi connectivity index (χ1) is 10.4. The van der Waals surface area contributed by atoms with Crippen LogP contribution in [-0.4, -0.2) is 48.6 Å². The van der Waals surface area contributed by atoms with E-state index in [1.54, 1.807) is 0 Å². The van der Waals surface area contributed by atoms with E-state index in [1.165, 1.54) is 84.1 Å². The molecule has 118 valence electrons. The molecule has 0 N–H and O–H groups in total. The Bertz CT molecular complexity index is 348. The normalized spacial score (nSPS) is 33.7. The summed E-state index contributed by atoms with van der Waals surface area (Å²) in [4.78, 5) is 5.34. The highest BCUT2D eigenvalue weighted by molar-refractivity contribution is 4.95. The van der Waals surface area contributed by atoms with Gasteiger partial charge in [0.2, 0.25) is 0 Å². The molecule has 0 radical (unpaired) electrons. The molecule has 21 heavy (non-hydrogen) atoms. The highest BCUT2D eigenvalue weighted by atomic mass is 15.2. The molecule has 2 saturated heterocycles. The second kappa shape index (κ2) is 7.61. The Morgan fingerprint density at radius 3 is 2.24 bits per heavy atom. The molecule has 2 aliphatic heterocycles. The second-order valence-corrected chi connectivity index (χ2v) is 7.43. The summed E-state index contributed by atoms with van der Waals surface area (Å²) >= 11 is 0. The summed E-state index contributed by atoms with van der Waals surface area (Å²) in [6.45, 7) is 6.47. The van der Waals surface area contributed by atoms with Crippen LogP contribution in [0.1, 0.15) is 57.8 Å². The fourth-order valence-electron chi connectivity index (χ4n) is 4.67. The number of nitrogens with zero attached hydrogens (tertiary/aromatic N) is 3. The summed E-state index contributed by atoms with van der Waals surface area (Å²) in [5.74, 6) is 1.20. The smallest absolute Gasteiger partial charge is 0.0672 e. The van der Waals surface area contributed by atoms with Gasteiger partial charge in [0.1, 0.15) is 0 Å². The van der Waals surface area contributed by atoms with Crippen molar-refractivity contribution in [2.45, 2.75) is 63.8 Å². The van der Waals surface area contributed by atoms with Gasteiger partial charge < -0.3 is 4.90 Å². The van der Waals surface area contributed by atoms with Crippen LogP contribution in [0.2, 0.25) is 0 Å². The predicted molar refractivity (Wildman–Crippen MR) is 85.9 cm³/mol. The van der Waals surface area contributed by atoms with Crippen LogP contribution in [0.25, 0.3) is 0 Å². The van der Waals surface area contributed by atoms with Crippen molar-refractivity contribution in [3.05, 3.63) is 0 Å². The number of hydrogen-bond donors (Lipinski definition) is 0. The summed E-state index contributed by atoms with van der Waals surface area (Å²) < 4.78 is 0. The molecule has 1 saturated carbocycles. The highest BCUT2D eigenvalue weighted by Gasteiger charge is 2.32. The van der Waals surface area contributed by atoms with E-state index in [1.807, 2.05) is 0 Å². The molecule has 0 amide bonds. The lowest BCUT2D eigenvalue weighted by molar-refractivity contribution is 0.0922. The van der Waals surface area contributed by atoms with Gasteiger partial charge in [-0.2, -0.15) is 5.26 Å². The van der Waals surface area contributed by atoms with E-state index in [4.69, 9.17) is 0 Å². The van der Waals surface area contributed by atoms with Crippen molar-refractivity contribution >= 4 is 0 Å². The molecule has 0 bridgehead atoms. The lowest BCUT2D eigenvalue weighted by atomic mass is 9.90. The summed E-state index contributed by atoms with van der Waals surface area (Å²) in [6, 6.07) is 3.17. The third-order valence-corrected chi connectivity index (χ3v) is 5.98. The molecule has 0 aromatic heterocycles. The molecule has 3 nitrogen and oxygen atoms in total. The van der Waals surface area contributed by atoms with Crippen LogP contribution in [0, 0.1) is 23.2 Å². The van der Waals surface area contributed by atoms with Crippen molar-refractivity contribution in [1.29, 1.82) is 5.26 Å². The topological polar surface area (TPSA) is 30.3 Å². The minimum absolute atomic E-state index is 0.294. The molecule has 1 aliphatic carbocycles. The molecule has 0 aromatic carbocycles. The summed E-state index contributed by atoms with van der Waals surface area (Å²) in [5, 5.41) is 9.48. The second-order valence-electron chi connectivity index (χ2n) is 7.43. The van der Waals surface area contributed by atoms with Gasteiger partial charge in [0, 0.05) is 12.6 Å². The minimum Gasteiger partial charge on any atom is -0.303 e. The van der Waals surface area contributed by atoms with Gasteiger partial charge in [-0.1, -0.05) is 19.3 Å². The van der Waals surface area contributed by atoms with E-state index in [-0.39, 0.29) is 0 Å². The van der Waals surface area contributed by atoms with Crippen LogP contribution in [0.4, 0.5) is 0 Å². The number of nitriles is 1. The molecular formula is C18H31N3. The van der Waals surface area contributed by atoms with Crippen LogP contribution in [0.15, 0.2) is 0 Å². The Labute approximate surface area is 130 Å². The van der Waals surface area contributed by atoms with Gasteiger partial charge in [-0.05, 0) is 70.6 Å². The lowest BCUT2D eigenvalue weighted by Crippen LogP contribution is -2.46. The molecule has 2 unspecified atom stereocenters. The van der Waals surface area contributed by atoms with Crippen molar-refractivity contribution in [2.75, 3.05) is 32.7 Å². The largest absolute Gasteiger partial charge is 0.303 e. The minimum atomic E-state index is 0.294. The summed E-state index contributed by atoms with van der Waals surface area (Å²) in [5.41, 5.74) is 0. The van der Waals surface area contributed by atoms with E-state index in [2.05, 4.69) is 15.9 Å². The Kier molecular flexibility index (Phi) is 5.55. The fraction of sp³-hybridized carbons (Fsp3) is 0.944. The van der Waals surface area contributed by atoms with Crippen LogP contribution < -0.4 is 0 Å². The number of piperidine rings is 1. The average Bonchev–Trinajstić information content (AvgIpc) is 2.90. The van der Waals surface area contributed by atoms with Crippen molar-refractivity contribution in [2.24, 2.45) is 11.8 Å². The van der Waals surface area contributed by atoms with Gasteiger partial charge in [0.15, 0.2) is 0 Å². The standard InChI is InChI=1S/C18H31N3/c19-14-17-6-2-1-3-7-18(17)21-12-8-16(9-13-21)15-20-10-4-5-11-20/h16-18H,1-13,15H2. The van der Waals surface area contributed by atoms with Gasteiger partial charge in [0.25, 0.3) is 0 Å². The number of hydrogen-bond acceptors (Lipinski definition) is 3. The zero-order chi connectivity index (χ0) is 14.5. The maximum atomic E-state index is 9.48. The fourth-order valence-corrected chi connectivity index (χ4v) is 4.67. The summed E-state index contributed by atoms with van der Waals surface area (Å²) in [6.07, 6.45) is 11.8. The van der Waals surface area contributed by atoms with Crippen molar-refractivity contribution < 1.29 is 0 Å². The van der Waals surface area contributed by atoms with E-state index in [0.29, 0.717) is 12.0 Å². The van der Waals surface area contributed by atoms with E-state index in [9.17, 15) is 5.26 Å². The van der Waals surface area contributed by atoms with Gasteiger partial charge >= 0.3 is 0 Å². The molecule has 3 heteroatoms. The molecule has 2 heterocycles. The summed E-state index contributed by atoms with van der Waals surface area (Å²) in [7, 11) is 0. The molecule has 0 spiro atoms. The molecule has 3 fully saturated rings. The maximum Gasteiger partial charge on any atom is 0.0672 e. The first kappa shape index (κ1) is 15.3. The van der Waals surface area contributed by atoms with Crippen LogP contribution >= 0.6 is 0 Å². The molecular weight excluding hydrogens is 258 g/mol. The third-order valence-electron chi connectivity index (χ3n) is 5.98. The van der Waals surface area contributed by atoms with Crippen molar-refractivity contribution in [1.82, 2.24) is 9.80 Å². The zero-order valence-electron chi connectivity index (χ0n) is 13.5. The molecule has 0 aromatic rings. The van der Waals surface area contributed by atoms with Crippen molar-refractivity contribution in [3.63, 3.8) is 0 Å². The average molecular weight is 289 g/mol. The monoisotopic (exact) mass is 289 g/mol. The highest BCUT2D eigenvalue weighted by Crippen LogP contribution is 2.30. The molecule has 3 rings (SSSR count). The Morgan fingerprint density at radius 1 is 0.810 bits per heavy atom. The van der Waals surface area contributed by atoms with Gasteiger partial charge in [-0.25, -0.2) is 0 Å². The van der Waals surface area contributed by atoms with E-state index >= 15 is 0 Å². The SMILES string of the molecule is N#CC1CCCCCC1N1CCC(CN2CCCC2)CC1. The van der Waals surface area contributed by atoms with Crippen LogP contribution in [0.5, 0.6) is 0 Å². The first-order valence-electron chi connectivity index (χ1n) is 9.23. The third kappa shape index (κ3) is 3.99. The quantitative estimate of drug-likeness (QED) is 0.747. The van der Waals surface area contributed by atoms with E-state index in [0.717, 1.165) is 12.3 Å².